The minimum atomic E-state index is 0. The van der Waals surface area contributed by atoms with Crippen LogP contribution in [0.4, 0.5) is 0 Å². The first-order valence-electron chi connectivity index (χ1n) is 19.7. The monoisotopic (exact) mass is 931 g/mol. The molecule has 4 heteroatoms. The molecule has 0 spiro atoms. The van der Waals surface area contributed by atoms with Crippen LogP contribution in [0.2, 0.25) is 0 Å². The third kappa shape index (κ3) is 14.7. The first kappa shape index (κ1) is 47.3. The zero-order chi connectivity index (χ0) is 41.8. The Hall–Kier alpha value is -5.06. The average molecular weight is 931 g/mol. The van der Waals surface area contributed by atoms with Crippen molar-refractivity contribution in [2.45, 2.75) is 85.5 Å². The van der Waals surface area contributed by atoms with Gasteiger partial charge in [0.05, 0.1) is 5.69 Å². The van der Waals surface area contributed by atoms with Crippen LogP contribution in [-0.2, 0) is 42.1 Å². The summed E-state index contributed by atoms with van der Waals surface area (Å²) in [5.74, 6) is 0.665. The van der Waals surface area contributed by atoms with Crippen molar-refractivity contribution in [1.82, 2.24) is 15.0 Å². The van der Waals surface area contributed by atoms with Gasteiger partial charge in [-0.2, -0.15) is 73.9 Å². The van der Waals surface area contributed by atoms with Gasteiger partial charge in [0.25, 0.3) is 0 Å². The number of imidazole rings is 1. The summed E-state index contributed by atoms with van der Waals surface area (Å²) in [6.45, 7) is 33.7. The van der Waals surface area contributed by atoms with Crippen molar-refractivity contribution < 1.29 is 25.8 Å². The number of benzene rings is 5. The Bertz CT molecular complexity index is 2130. The second kappa shape index (κ2) is 21.1. The molecule has 0 aliphatic rings. The SMILES string of the molecule is Cc1cc(-c2[n-]c(-c3ccccn3)nc2-c2cc(C(C)(C)C)cc(C(C)(C)C)c2)cc(C(C)(C)C)c1.[CH2-]c1ccccc1.[CH2-]c1ccccc1.[CH2-]c1ccccc1.[Hf+4]. The van der Waals surface area contributed by atoms with E-state index >= 15 is 0 Å². The van der Waals surface area contributed by atoms with E-state index in [0.29, 0.717) is 5.82 Å². The van der Waals surface area contributed by atoms with Gasteiger partial charge in [-0.25, -0.2) is 0 Å². The third-order valence-corrected chi connectivity index (χ3v) is 9.24. The number of aromatic nitrogens is 3. The Balaban J connectivity index is 0.000000328. The molecule has 0 bridgehead atoms. The number of hydrogen-bond donors (Lipinski definition) is 0. The Kier molecular flexibility index (Phi) is 17.2. The van der Waals surface area contributed by atoms with Gasteiger partial charge in [-0.05, 0) is 80.3 Å². The summed E-state index contributed by atoms with van der Waals surface area (Å²) >= 11 is 0. The summed E-state index contributed by atoms with van der Waals surface area (Å²) in [6, 6.07) is 49.2. The largest absolute Gasteiger partial charge is 4.00 e. The molecule has 7 aromatic rings. The maximum atomic E-state index is 5.12. The Morgan fingerprint density at radius 3 is 1.22 bits per heavy atom. The van der Waals surface area contributed by atoms with Crippen molar-refractivity contribution in [3.8, 4) is 34.0 Å². The van der Waals surface area contributed by atoms with Crippen molar-refractivity contribution in [3.63, 3.8) is 0 Å². The maximum Gasteiger partial charge on any atom is 4.00 e. The Morgan fingerprint density at radius 2 is 0.862 bits per heavy atom. The van der Waals surface area contributed by atoms with E-state index in [9.17, 15) is 0 Å². The number of hydrogen-bond acceptors (Lipinski definition) is 2. The number of rotatable bonds is 3. The molecule has 0 saturated carbocycles. The maximum absolute atomic E-state index is 5.12. The molecule has 0 unspecified atom stereocenters. The van der Waals surface area contributed by atoms with Gasteiger partial charge < -0.3 is 9.97 Å². The first-order valence-corrected chi connectivity index (χ1v) is 19.7. The van der Waals surface area contributed by atoms with E-state index < -0.39 is 0 Å². The van der Waals surface area contributed by atoms with E-state index in [1.54, 1.807) is 6.20 Å². The van der Waals surface area contributed by atoms with Gasteiger partial charge in [0, 0.05) is 6.20 Å². The van der Waals surface area contributed by atoms with Crippen LogP contribution >= 0.6 is 0 Å². The Morgan fingerprint density at radius 1 is 0.466 bits per heavy atom. The molecule has 0 saturated heterocycles. The Labute approximate surface area is 369 Å². The summed E-state index contributed by atoms with van der Waals surface area (Å²) in [4.78, 5) is 14.8. The molecule has 0 fully saturated rings. The summed E-state index contributed by atoms with van der Waals surface area (Å²) in [6.07, 6.45) is 1.80. The van der Waals surface area contributed by atoms with Crippen LogP contribution in [0.1, 0.15) is 101 Å². The fraction of sp³-hybridized carbons (Fsp3) is 0.241. The van der Waals surface area contributed by atoms with Crippen molar-refractivity contribution in [2.24, 2.45) is 0 Å². The molecule has 7 rings (SSSR count). The number of nitrogens with zero attached hydrogens (tertiary/aromatic N) is 3. The quantitative estimate of drug-likeness (QED) is 0.131. The first-order chi connectivity index (χ1) is 26.8. The zero-order valence-corrected chi connectivity index (χ0v) is 40.0. The minimum Gasteiger partial charge on any atom is -0.434 e. The molecule has 2 aromatic heterocycles. The fourth-order valence-electron chi connectivity index (χ4n) is 5.77. The van der Waals surface area contributed by atoms with Crippen LogP contribution in [0.25, 0.3) is 34.0 Å². The van der Waals surface area contributed by atoms with Gasteiger partial charge >= 0.3 is 25.8 Å². The van der Waals surface area contributed by atoms with Gasteiger partial charge in [-0.1, -0.05) is 129 Å². The van der Waals surface area contributed by atoms with Crippen molar-refractivity contribution in [2.75, 3.05) is 0 Å². The van der Waals surface area contributed by atoms with Gasteiger partial charge in [0.2, 0.25) is 0 Å². The molecule has 3 nitrogen and oxygen atoms in total. The standard InChI is InChI=1S/C33H40N3.3C7H7.Hf/c1-21-15-22(17-24(16-21)31(2,3)4)28-29(36-30(35-28)27-13-11-12-14-34-27)23-18-25(32(5,6)7)20-26(19-23)33(8,9)10;3*1-7-5-3-2-4-6-7;/h11-20H,1-10H3;3*2-6H,1H2;/q4*-1;+4. The second-order valence-corrected chi connectivity index (χ2v) is 17.6. The molecule has 0 atom stereocenters. The molecule has 0 aliphatic heterocycles. The smallest absolute Gasteiger partial charge is 0.434 e. The summed E-state index contributed by atoms with van der Waals surface area (Å²) in [7, 11) is 0. The van der Waals surface area contributed by atoms with Crippen LogP contribution in [0.3, 0.4) is 0 Å². The molecule has 5 aromatic carbocycles. The van der Waals surface area contributed by atoms with Crippen molar-refractivity contribution in [3.05, 3.63) is 212 Å². The van der Waals surface area contributed by atoms with Crippen LogP contribution in [0, 0.1) is 27.7 Å². The van der Waals surface area contributed by atoms with E-state index in [1.807, 2.05) is 109 Å². The summed E-state index contributed by atoms with van der Waals surface area (Å²) in [5.41, 5.74) is 13.2. The van der Waals surface area contributed by atoms with E-state index in [4.69, 9.17) is 9.97 Å². The van der Waals surface area contributed by atoms with Gasteiger partial charge in [-0.3, -0.25) is 4.98 Å². The predicted octanol–water partition coefficient (Wildman–Crippen LogP) is 14.2. The van der Waals surface area contributed by atoms with Crippen LogP contribution in [0.5, 0.6) is 0 Å². The van der Waals surface area contributed by atoms with Crippen LogP contribution in [-0.4, -0.2) is 9.97 Å². The molecule has 0 radical (unpaired) electrons. The topological polar surface area (TPSA) is 39.9 Å². The third-order valence-electron chi connectivity index (χ3n) is 9.24. The molecule has 58 heavy (non-hydrogen) atoms. The van der Waals surface area contributed by atoms with E-state index in [-0.39, 0.29) is 42.1 Å². The van der Waals surface area contributed by atoms with E-state index in [1.165, 1.54) is 22.3 Å². The molecule has 0 aliphatic carbocycles. The van der Waals surface area contributed by atoms with E-state index in [2.05, 4.69) is 131 Å². The second-order valence-electron chi connectivity index (χ2n) is 17.6. The predicted molar refractivity (Wildman–Crippen MR) is 245 cm³/mol. The van der Waals surface area contributed by atoms with Crippen molar-refractivity contribution >= 4 is 0 Å². The van der Waals surface area contributed by atoms with Gasteiger partial charge in [0.1, 0.15) is 0 Å². The normalized spacial score (nSPS) is 11.0. The van der Waals surface area contributed by atoms with Crippen LogP contribution in [0.15, 0.2) is 152 Å². The molecule has 0 amide bonds. The summed E-state index contributed by atoms with van der Waals surface area (Å²) in [5, 5.41) is 0. The van der Waals surface area contributed by atoms with Crippen LogP contribution < -0.4 is 4.98 Å². The summed E-state index contributed by atoms with van der Waals surface area (Å²) < 4.78 is 0. The fourth-order valence-corrected chi connectivity index (χ4v) is 5.77. The molecule has 296 valence electrons. The molecule has 2 heterocycles. The minimum absolute atomic E-state index is 0. The van der Waals surface area contributed by atoms with Gasteiger partial charge in [0.15, 0.2) is 0 Å². The van der Waals surface area contributed by atoms with Crippen molar-refractivity contribution in [1.29, 1.82) is 0 Å². The zero-order valence-electron chi connectivity index (χ0n) is 36.4. The molecular weight excluding hydrogens is 869 g/mol. The number of aryl methyl sites for hydroxylation is 1. The molecular formula is C54H61HfN3. The number of pyridine rings is 1. The average Bonchev–Trinajstić information content (AvgIpc) is 3.62. The molecule has 0 N–H and O–H groups in total. The van der Waals surface area contributed by atoms with Gasteiger partial charge in [-0.15, -0.1) is 36.4 Å². The van der Waals surface area contributed by atoms with E-state index in [0.717, 1.165) is 44.9 Å².